The lowest BCUT2D eigenvalue weighted by atomic mass is 10.1. The van der Waals surface area contributed by atoms with Crippen molar-refractivity contribution in [2.24, 2.45) is 0 Å². The average Bonchev–Trinajstić information content (AvgIpc) is 2.74. The van der Waals surface area contributed by atoms with Crippen molar-refractivity contribution in [1.29, 1.82) is 0 Å². The summed E-state index contributed by atoms with van der Waals surface area (Å²) in [6.07, 6.45) is 0.0996. The van der Waals surface area contributed by atoms with Gasteiger partial charge in [0.25, 0.3) is 11.8 Å². The molecule has 0 atom stereocenters. The second kappa shape index (κ2) is 10.2. The minimum Gasteiger partial charge on any atom is -0.378 e. The molecule has 7 nitrogen and oxygen atoms in total. The number of nitrogens with zero attached hydrogens (tertiary/aromatic N) is 1. The fraction of sp³-hybridized carbons (Fsp3) is 0.286. The Morgan fingerprint density at radius 2 is 1.69 bits per heavy atom. The molecular weight excluding hydrogens is 438 g/mol. The third kappa shape index (κ3) is 5.88. The highest BCUT2D eigenvalue weighted by atomic mass is 79.9. The van der Waals surface area contributed by atoms with Crippen molar-refractivity contribution in [3.05, 3.63) is 64.1 Å². The number of hydrogen-bond donors (Lipinski definition) is 2. The minimum absolute atomic E-state index is 0.0996. The summed E-state index contributed by atoms with van der Waals surface area (Å²) in [4.78, 5) is 38.9. The van der Waals surface area contributed by atoms with Crippen molar-refractivity contribution in [1.82, 2.24) is 10.2 Å². The Morgan fingerprint density at radius 3 is 2.41 bits per heavy atom. The fourth-order valence-corrected chi connectivity index (χ4v) is 3.19. The topological polar surface area (TPSA) is 87.7 Å². The predicted octanol–water partition coefficient (Wildman–Crippen LogP) is 2.68. The van der Waals surface area contributed by atoms with E-state index < -0.39 is 0 Å². The van der Waals surface area contributed by atoms with E-state index in [9.17, 15) is 14.4 Å². The Bertz CT molecular complexity index is 880. The zero-order valence-electron chi connectivity index (χ0n) is 15.8. The quantitative estimate of drug-likeness (QED) is 0.694. The Balaban J connectivity index is 1.53. The van der Waals surface area contributed by atoms with E-state index in [1.165, 1.54) is 0 Å². The predicted molar refractivity (Wildman–Crippen MR) is 113 cm³/mol. The molecular formula is C21H22BrN3O4. The Labute approximate surface area is 177 Å². The Morgan fingerprint density at radius 1 is 1.00 bits per heavy atom. The number of morpholine rings is 1. The lowest BCUT2D eigenvalue weighted by Gasteiger charge is -2.27. The van der Waals surface area contributed by atoms with Gasteiger partial charge < -0.3 is 20.3 Å². The second-order valence-corrected chi connectivity index (χ2v) is 7.43. The van der Waals surface area contributed by atoms with Gasteiger partial charge in [-0.05, 0) is 36.4 Å². The molecule has 0 aromatic heterocycles. The van der Waals surface area contributed by atoms with Crippen LogP contribution in [0, 0.1) is 0 Å². The first-order valence-electron chi connectivity index (χ1n) is 9.34. The number of nitrogens with one attached hydrogen (secondary N) is 2. The molecule has 0 aliphatic carbocycles. The fourth-order valence-electron chi connectivity index (χ4n) is 2.92. The largest absolute Gasteiger partial charge is 0.378 e. The third-order valence-electron chi connectivity index (χ3n) is 4.47. The van der Waals surface area contributed by atoms with Crippen LogP contribution < -0.4 is 10.6 Å². The summed E-state index contributed by atoms with van der Waals surface area (Å²) in [6, 6.07) is 13.9. The minimum atomic E-state index is -0.275. The van der Waals surface area contributed by atoms with Crippen molar-refractivity contribution in [2.45, 2.75) is 6.42 Å². The molecule has 3 rings (SSSR count). The Hall–Kier alpha value is -2.71. The lowest BCUT2D eigenvalue weighted by molar-refractivity contribution is -0.116. The van der Waals surface area contributed by atoms with Gasteiger partial charge >= 0.3 is 0 Å². The van der Waals surface area contributed by atoms with Crippen molar-refractivity contribution in [3.63, 3.8) is 0 Å². The SMILES string of the molecule is O=C(CCNC(=O)c1ccc(Br)cc1)Nc1ccccc1C(=O)N1CCOCC1. The zero-order valence-corrected chi connectivity index (χ0v) is 17.4. The van der Waals surface area contributed by atoms with E-state index in [0.29, 0.717) is 43.1 Å². The number of amides is 3. The molecule has 8 heteroatoms. The van der Waals surface area contributed by atoms with Gasteiger partial charge in [-0.15, -0.1) is 0 Å². The number of carbonyl (C=O) groups is 3. The monoisotopic (exact) mass is 459 g/mol. The van der Waals surface area contributed by atoms with Gasteiger partial charge in [-0.2, -0.15) is 0 Å². The maximum Gasteiger partial charge on any atom is 0.256 e. The summed E-state index contributed by atoms with van der Waals surface area (Å²) in [5.41, 5.74) is 1.44. The van der Waals surface area contributed by atoms with E-state index in [1.54, 1.807) is 53.4 Å². The molecule has 29 heavy (non-hydrogen) atoms. The van der Waals surface area contributed by atoms with Gasteiger partial charge in [-0.25, -0.2) is 0 Å². The highest BCUT2D eigenvalue weighted by molar-refractivity contribution is 9.10. The summed E-state index contributed by atoms with van der Waals surface area (Å²) in [6.45, 7) is 2.28. The van der Waals surface area contributed by atoms with Crippen LogP contribution in [0.25, 0.3) is 0 Å². The smallest absolute Gasteiger partial charge is 0.256 e. The van der Waals surface area contributed by atoms with Gasteiger partial charge in [0.2, 0.25) is 5.91 Å². The molecule has 1 fully saturated rings. The van der Waals surface area contributed by atoms with Crippen molar-refractivity contribution < 1.29 is 19.1 Å². The molecule has 2 aromatic carbocycles. The molecule has 0 spiro atoms. The van der Waals surface area contributed by atoms with E-state index in [1.807, 2.05) is 0 Å². The van der Waals surface area contributed by atoms with Crippen LogP contribution in [0.1, 0.15) is 27.1 Å². The van der Waals surface area contributed by atoms with E-state index in [-0.39, 0.29) is 30.7 Å². The number of halogens is 1. The molecule has 1 aliphatic rings. The molecule has 152 valence electrons. The molecule has 1 aliphatic heterocycles. The maximum absolute atomic E-state index is 12.7. The van der Waals surface area contributed by atoms with Gasteiger partial charge in [-0.3, -0.25) is 14.4 Å². The summed E-state index contributed by atoms with van der Waals surface area (Å²) < 4.78 is 6.17. The Kier molecular flexibility index (Phi) is 7.37. The molecule has 1 heterocycles. The first kappa shape index (κ1) is 21.0. The average molecular weight is 460 g/mol. The van der Waals surface area contributed by atoms with Gasteiger partial charge in [0.1, 0.15) is 0 Å². The van der Waals surface area contributed by atoms with Crippen molar-refractivity contribution in [2.75, 3.05) is 38.2 Å². The number of para-hydroxylation sites is 1. The molecule has 2 aromatic rings. The molecule has 0 bridgehead atoms. The summed E-state index contributed by atoms with van der Waals surface area (Å²) in [7, 11) is 0. The summed E-state index contributed by atoms with van der Waals surface area (Å²) in [5, 5.41) is 5.50. The van der Waals surface area contributed by atoms with E-state index in [2.05, 4.69) is 26.6 Å². The highest BCUT2D eigenvalue weighted by Crippen LogP contribution is 2.18. The molecule has 0 radical (unpaired) electrons. The number of rotatable bonds is 6. The van der Waals surface area contributed by atoms with Gasteiger partial charge in [0.05, 0.1) is 24.5 Å². The van der Waals surface area contributed by atoms with Crippen LogP contribution in [0.15, 0.2) is 53.0 Å². The van der Waals surface area contributed by atoms with Crippen LogP contribution >= 0.6 is 15.9 Å². The van der Waals surface area contributed by atoms with Gasteiger partial charge in [0.15, 0.2) is 0 Å². The first-order chi connectivity index (χ1) is 14.0. The molecule has 3 amide bonds. The summed E-state index contributed by atoms with van der Waals surface area (Å²) in [5.74, 6) is -0.649. The second-order valence-electron chi connectivity index (χ2n) is 6.51. The van der Waals surface area contributed by atoms with Gasteiger partial charge in [-0.1, -0.05) is 28.1 Å². The maximum atomic E-state index is 12.7. The molecule has 2 N–H and O–H groups in total. The third-order valence-corrected chi connectivity index (χ3v) is 5.00. The van der Waals surface area contributed by atoms with Crippen LogP contribution in [-0.2, 0) is 9.53 Å². The molecule has 0 unspecified atom stereocenters. The molecule has 0 saturated carbocycles. The van der Waals surface area contributed by atoms with Crippen LogP contribution in [0.3, 0.4) is 0 Å². The van der Waals surface area contributed by atoms with Crippen LogP contribution in [-0.4, -0.2) is 55.5 Å². The zero-order chi connectivity index (χ0) is 20.6. The summed E-state index contributed by atoms with van der Waals surface area (Å²) >= 11 is 3.32. The number of benzene rings is 2. The standard InChI is InChI=1S/C21H22BrN3O4/c22-16-7-5-15(6-8-16)20(27)23-10-9-19(26)24-18-4-2-1-3-17(18)21(28)25-11-13-29-14-12-25/h1-8H,9-14H2,(H,23,27)(H,24,26). The number of carbonyl (C=O) groups excluding carboxylic acids is 3. The number of hydrogen-bond acceptors (Lipinski definition) is 4. The number of anilines is 1. The van der Waals surface area contributed by atoms with Crippen molar-refractivity contribution in [3.8, 4) is 0 Å². The van der Waals surface area contributed by atoms with E-state index >= 15 is 0 Å². The molecule has 1 saturated heterocycles. The number of ether oxygens (including phenoxy) is 1. The van der Waals surface area contributed by atoms with E-state index in [0.717, 1.165) is 4.47 Å². The van der Waals surface area contributed by atoms with Crippen LogP contribution in [0.2, 0.25) is 0 Å². The van der Waals surface area contributed by atoms with E-state index in [4.69, 9.17) is 4.74 Å². The van der Waals surface area contributed by atoms with Crippen molar-refractivity contribution >= 4 is 39.3 Å². The van der Waals surface area contributed by atoms with Gasteiger partial charge in [0, 0.05) is 36.1 Å². The van der Waals surface area contributed by atoms with Crippen LogP contribution in [0.5, 0.6) is 0 Å². The normalized spacial score (nSPS) is 13.6. The lowest BCUT2D eigenvalue weighted by Crippen LogP contribution is -2.41. The van der Waals surface area contributed by atoms with Crippen LogP contribution in [0.4, 0.5) is 5.69 Å². The highest BCUT2D eigenvalue weighted by Gasteiger charge is 2.21. The first-order valence-corrected chi connectivity index (χ1v) is 10.1.